The lowest BCUT2D eigenvalue weighted by Crippen LogP contribution is -2.27. The average molecular weight is 442 g/mol. The molecule has 3 rings (SSSR count). The minimum Gasteiger partial charge on any atom is -0.465 e. The Bertz CT molecular complexity index is 1130. The summed E-state index contributed by atoms with van der Waals surface area (Å²) in [4.78, 5) is 41.1. The second-order valence-electron chi connectivity index (χ2n) is 6.70. The van der Waals surface area contributed by atoms with Gasteiger partial charge in [-0.1, -0.05) is 36.0 Å². The summed E-state index contributed by atoms with van der Waals surface area (Å²) in [6.07, 6.45) is 0.418. The first-order valence-electron chi connectivity index (χ1n) is 9.70. The molecule has 0 aliphatic heterocycles. The van der Waals surface area contributed by atoms with Gasteiger partial charge in [0.25, 0.3) is 5.56 Å². The van der Waals surface area contributed by atoms with Crippen molar-refractivity contribution in [3.8, 4) is 0 Å². The summed E-state index contributed by atoms with van der Waals surface area (Å²) in [5, 5.41) is 12.9. The number of benzene rings is 2. The van der Waals surface area contributed by atoms with E-state index in [9.17, 15) is 14.4 Å². The van der Waals surface area contributed by atoms with E-state index >= 15 is 0 Å². The Labute approximate surface area is 183 Å². The van der Waals surface area contributed by atoms with E-state index in [-0.39, 0.29) is 23.8 Å². The van der Waals surface area contributed by atoms with Crippen LogP contribution in [-0.2, 0) is 22.6 Å². The first kappa shape index (κ1) is 22.5. The Morgan fingerprint density at radius 3 is 2.61 bits per heavy atom. The molecule has 162 valence electrons. The lowest BCUT2D eigenvalue weighted by atomic mass is 10.1. The molecule has 31 heavy (non-hydrogen) atoms. The normalized spacial score (nSPS) is 10.8. The van der Waals surface area contributed by atoms with Crippen molar-refractivity contribution >= 4 is 34.5 Å². The van der Waals surface area contributed by atoms with Crippen molar-refractivity contribution in [3.05, 3.63) is 70.0 Å². The molecule has 0 bridgehead atoms. The van der Waals surface area contributed by atoms with E-state index in [0.717, 1.165) is 5.56 Å². The van der Waals surface area contributed by atoms with Gasteiger partial charge in [0.05, 0.1) is 29.3 Å². The smallest absolute Gasteiger partial charge is 0.337 e. The molecule has 2 aromatic carbocycles. The van der Waals surface area contributed by atoms with Crippen LogP contribution >= 0.6 is 11.8 Å². The number of aliphatic hydroxyl groups is 1. The number of fused-ring (bicyclic) bond motifs is 1. The van der Waals surface area contributed by atoms with Gasteiger partial charge in [-0.05, 0) is 36.2 Å². The predicted octanol–water partition coefficient (Wildman–Crippen LogP) is 1.97. The minimum atomic E-state index is -0.415. The van der Waals surface area contributed by atoms with Gasteiger partial charge in [0, 0.05) is 19.7 Å². The summed E-state index contributed by atoms with van der Waals surface area (Å²) in [6.45, 7) is 0.589. The maximum absolute atomic E-state index is 12.8. The summed E-state index contributed by atoms with van der Waals surface area (Å²) in [6, 6.07) is 13.8. The summed E-state index contributed by atoms with van der Waals surface area (Å²) < 4.78 is 6.16. The fourth-order valence-electron chi connectivity index (χ4n) is 2.94. The van der Waals surface area contributed by atoms with Crippen molar-refractivity contribution in [1.82, 2.24) is 14.9 Å². The van der Waals surface area contributed by atoms with Crippen LogP contribution in [0.4, 0.5) is 0 Å². The molecule has 1 aromatic heterocycles. The Hall–Kier alpha value is -3.17. The Morgan fingerprint density at radius 1 is 1.16 bits per heavy atom. The van der Waals surface area contributed by atoms with Crippen LogP contribution in [0.15, 0.2) is 58.5 Å². The van der Waals surface area contributed by atoms with E-state index in [1.165, 1.54) is 23.4 Å². The number of nitrogens with one attached hydrogen (secondary N) is 1. The number of methoxy groups -OCH3 is 1. The van der Waals surface area contributed by atoms with Gasteiger partial charge in [0.2, 0.25) is 5.91 Å². The number of amides is 1. The molecule has 0 unspecified atom stereocenters. The number of aromatic nitrogens is 2. The van der Waals surface area contributed by atoms with E-state index in [4.69, 9.17) is 5.11 Å². The Balaban J connectivity index is 1.65. The zero-order valence-corrected chi connectivity index (χ0v) is 17.9. The molecular formula is C22H23N3O5S. The van der Waals surface area contributed by atoms with Crippen molar-refractivity contribution in [2.45, 2.75) is 24.7 Å². The molecule has 0 spiro atoms. The van der Waals surface area contributed by atoms with Crippen molar-refractivity contribution in [1.29, 1.82) is 0 Å². The van der Waals surface area contributed by atoms with E-state index in [0.29, 0.717) is 41.1 Å². The number of ether oxygens (including phenoxy) is 1. The number of nitrogens with zero attached hydrogens (tertiary/aromatic N) is 2. The Kier molecular flexibility index (Phi) is 7.80. The summed E-state index contributed by atoms with van der Waals surface area (Å²) in [5.41, 5.74) is 1.67. The largest absolute Gasteiger partial charge is 0.465 e. The number of para-hydroxylation sites is 1. The molecule has 1 amide bonds. The number of thioether (sulfide) groups is 1. The number of hydrogen-bond donors (Lipinski definition) is 2. The van der Waals surface area contributed by atoms with Crippen LogP contribution in [0.25, 0.3) is 10.9 Å². The summed E-state index contributed by atoms with van der Waals surface area (Å²) >= 11 is 1.18. The molecule has 0 aliphatic carbocycles. The van der Waals surface area contributed by atoms with E-state index < -0.39 is 5.97 Å². The maximum atomic E-state index is 12.8. The standard InChI is InChI=1S/C22H23N3O5S/c1-30-21(29)16-9-7-15(8-10-16)13-23-19(27)14-31-22-24-18-6-3-2-5-17(18)20(28)25(22)11-4-12-26/h2-3,5-10,26H,4,11-14H2,1H3,(H,23,27). The molecule has 0 saturated carbocycles. The van der Waals surface area contributed by atoms with Crippen molar-refractivity contribution in [2.75, 3.05) is 19.5 Å². The van der Waals surface area contributed by atoms with Gasteiger partial charge in [-0.15, -0.1) is 0 Å². The third-order valence-corrected chi connectivity index (χ3v) is 5.54. The molecule has 0 atom stereocenters. The second kappa shape index (κ2) is 10.7. The van der Waals surface area contributed by atoms with Crippen LogP contribution < -0.4 is 10.9 Å². The highest BCUT2D eigenvalue weighted by molar-refractivity contribution is 7.99. The second-order valence-corrected chi connectivity index (χ2v) is 7.64. The molecule has 8 nitrogen and oxygen atoms in total. The van der Waals surface area contributed by atoms with Gasteiger partial charge >= 0.3 is 5.97 Å². The number of esters is 1. The van der Waals surface area contributed by atoms with Crippen LogP contribution in [0.1, 0.15) is 22.3 Å². The van der Waals surface area contributed by atoms with E-state index in [1.54, 1.807) is 48.5 Å². The lowest BCUT2D eigenvalue weighted by molar-refractivity contribution is -0.118. The van der Waals surface area contributed by atoms with Crippen LogP contribution in [0.2, 0.25) is 0 Å². The van der Waals surface area contributed by atoms with Gasteiger partial charge in [0.15, 0.2) is 5.16 Å². The van der Waals surface area contributed by atoms with Crippen LogP contribution in [0.5, 0.6) is 0 Å². The van der Waals surface area contributed by atoms with E-state index in [1.807, 2.05) is 0 Å². The highest BCUT2D eigenvalue weighted by Crippen LogP contribution is 2.18. The highest BCUT2D eigenvalue weighted by Gasteiger charge is 2.13. The molecule has 0 fully saturated rings. The highest BCUT2D eigenvalue weighted by atomic mass is 32.2. The number of carbonyl (C=O) groups excluding carboxylic acids is 2. The molecule has 0 radical (unpaired) electrons. The van der Waals surface area contributed by atoms with Gasteiger partial charge in [0.1, 0.15) is 0 Å². The number of aliphatic hydroxyl groups excluding tert-OH is 1. The molecule has 0 saturated heterocycles. The average Bonchev–Trinajstić information content (AvgIpc) is 2.80. The number of carbonyl (C=O) groups is 2. The minimum absolute atomic E-state index is 0.0430. The zero-order valence-electron chi connectivity index (χ0n) is 17.0. The third-order valence-electron chi connectivity index (χ3n) is 4.56. The van der Waals surface area contributed by atoms with E-state index in [2.05, 4.69) is 15.0 Å². The molecule has 0 aliphatic rings. The van der Waals surface area contributed by atoms with Crippen LogP contribution in [0, 0.1) is 0 Å². The predicted molar refractivity (Wildman–Crippen MR) is 118 cm³/mol. The number of hydrogen-bond acceptors (Lipinski definition) is 7. The topological polar surface area (TPSA) is 111 Å². The molecular weight excluding hydrogens is 418 g/mol. The fraction of sp³-hybridized carbons (Fsp3) is 0.273. The quantitative estimate of drug-likeness (QED) is 0.297. The molecule has 1 heterocycles. The van der Waals surface area contributed by atoms with Crippen LogP contribution in [0.3, 0.4) is 0 Å². The maximum Gasteiger partial charge on any atom is 0.337 e. The fourth-order valence-corrected chi connectivity index (χ4v) is 3.80. The van der Waals surface area contributed by atoms with Gasteiger partial charge in [-0.25, -0.2) is 9.78 Å². The summed E-state index contributed by atoms with van der Waals surface area (Å²) in [5.74, 6) is -0.537. The third kappa shape index (κ3) is 5.71. The van der Waals surface area contributed by atoms with Crippen molar-refractivity contribution in [3.63, 3.8) is 0 Å². The molecule has 2 N–H and O–H groups in total. The van der Waals surface area contributed by atoms with Gasteiger partial charge in [-0.2, -0.15) is 0 Å². The first-order valence-corrected chi connectivity index (χ1v) is 10.7. The van der Waals surface area contributed by atoms with Crippen molar-refractivity contribution < 1.29 is 19.4 Å². The first-order chi connectivity index (χ1) is 15.0. The molecule has 3 aromatic rings. The van der Waals surface area contributed by atoms with Gasteiger partial charge < -0.3 is 15.2 Å². The SMILES string of the molecule is COC(=O)c1ccc(CNC(=O)CSc2nc3ccccc3c(=O)n2CCCO)cc1. The number of rotatable bonds is 9. The lowest BCUT2D eigenvalue weighted by Gasteiger charge is -2.12. The van der Waals surface area contributed by atoms with Gasteiger partial charge in [-0.3, -0.25) is 14.2 Å². The summed E-state index contributed by atoms with van der Waals surface area (Å²) in [7, 11) is 1.32. The van der Waals surface area contributed by atoms with Crippen LogP contribution in [-0.4, -0.2) is 46.0 Å². The molecule has 9 heteroatoms. The Morgan fingerprint density at radius 2 is 1.90 bits per heavy atom. The van der Waals surface area contributed by atoms with Crippen molar-refractivity contribution in [2.24, 2.45) is 0 Å². The zero-order chi connectivity index (χ0) is 22.2. The monoisotopic (exact) mass is 441 g/mol.